The number of esters is 2. The maximum Gasteiger partial charge on any atom is 0.376 e. The van der Waals surface area contributed by atoms with Gasteiger partial charge in [0.05, 0.1) is 19.8 Å². The summed E-state index contributed by atoms with van der Waals surface area (Å²) in [5, 5.41) is 1.67. The number of methoxy groups -OCH3 is 2. The summed E-state index contributed by atoms with van der Waals surface area (Å²) in [6.45, 7) is 6.69. The number of fused-ring (bicyclic) bond motifs is 1. The second-order valence-electron chi connectivity index (χ2n) is 5.93. The molecule has 6 nitrogen and oxygen atoms in total. The van der Waals surface area contributed by atoms with Gasteiger partial charge < -0.3 is 14.3 Å². The van der Waals surface area contributed by atoms with Crippen molar-refractivity contribution in [3.8, 4) is 0 Å². The Labute approximate surface area is 112 Å². The standard InChI is InChI=1S/C13H19NO5/c1-12(2)6-13(3)8(10(15)17-4)9(11(16)18-5)19-14(13)7-12/h6-7H2,1-5H3. The van der Waals surface area contributed by atoms with E-state index in [2.05, 4.69) is 18.6 Å². The summed E-state index contributed by atoms with van der Waals surface area (Å²) >= 11 is 0. The molecule has 0 aliphatic carbocycles. The Bertz CT molecular complexity index is 468. The van der Waals surface area contributed by atoms with Crippen molar-refractivity contribution < 1.29 is 23.9 Å². The van der Waals surface area contributed by atoms with E-state index in [-0.39, 0.29) is 16.7 Å². The van der Waals surface area contributed by atoms with Gasteiger partial charge in [-0.25, -0.2) is 9.59 Å². The molecule has 0 radical (unpaired) electrons. The predicted octanol–water partition coefficient (Wildman–Crippen LogP) is 1.02. The lowest BCUT2D eigenvalue weighted by Crippen LogP contribution is -2.39. The molecule has 106 valence electrons. The molecule has 2 rings (SSSR count). The van der Waals surface area contributed by atoms with Crippen LogP contribution in [0.4, 0.5) is 0 Å². The highest BCUT2D eigenvalue weighted by molar-refractivity contribution is 6.01. The maximum absolute atomic E-state index is 12.0. The van der Waals surface area contributed by atoms with Crippen molar-refractivity contribution in [2.75, 3.05) is 20.8 Å². The van der Waals surface area contributed by atoms with Gasteiger partial charge in [0.15, 0.2) is 0 Å². The average molecular weight is 269 g/mol. The number of nitrogens with zero attached hydrogens (tertiary/aromatic N) is 1. The third kappa shape index (κ3) is 2.00. The summed E-state index contributed by atoms with van der Waals surface area (Å²) in [6.07, 6.45) is 0.699. The monoisotopic (exact) mass is 269 g/mol. The van der Waals surface area contributed by atoms with Gasteiger partial charge in [-0.05, 0) is 18.8 Å². The number of hydrogen-bond donors (Lipinski definition) is 0. The Morgan fingerprint density at radius 2 is 1.74 bits per heavy atom. The lowest BCUT2D eigenvalue weighted by Gasteiger charge is -2.26. The van der Waals surface area contributed by atoms with Gasteiger partial charge in [0.2, 0.25) is 5.76 Å². The number of carbonyl (C=O) groups excluding carboxylic acids is 2. The fraction of sp³-hybridized carbons (Fsp3) is 0.692. The van der Waals surface area contributed by atoms with E-state index in [1.165, 1.54) is 14.2 Å². The quantitative estimate of drug-likeness (QED) is 0.697. The van der Waals surface area contributed by atoms with E-state index in [1.807, 2.05) is 6.92 Å². The lowest BCUT2D eigenvalue weighted by atomic mass is 9.80. The van der Waals surface area contributed by atoms with Crippen molar-refractivity contribution >= 4 is 11.9 Å². The van der Waals surface area contributed by atoms with E-state index < -0.39 is 17.5 Å². The summed E-state index contributed by atoms with van der Waals surface area (Å²) in [7, 11) is 2.54. The van der Waals surface area contributed by atoms with Crippen LogP contribution >= 0.6 is 0 Å². The van der Waals surface area contributed by atoms with Gasteiger partial charge in [0.1, 0.15) is 5.57 Å². The molecule has 1 saturated heterocycles. The molecule has 0 amide bonds. The second kappa shape index (κ2) is 4.23. The van der Waals surface area contributed by atoms with Crippen LogP contribution in [0.2, 0.25) is 0 Å². The molecule has 0 aromatic carbocycles. The van der Waals surface area contributed by atoms with Gasteiger partial charge in [-0.15, -0.1) is 5.06 Å². The minimum Gasteiger partial charge on any atom is -0.465 e. The van der Waals surface area contributed by atoms with Crippen LogP contribution in [-0.4, -0.2) is 43.3 Å². The normalized spacial score (nSPS) is 28.9. The van der Waals surface area contributed by atoms with Gasteiger partial charge in [0.25, 0.3) is 0 Å². The van der Waals surface area contributed by atoms with Crippen molar-refractivity contribution in [1.82, 2.24) is 5.06 Å². The highest BCUT2D eigenvalue weighted by Gasteiger charge is 2.59. The van der Waals surface area contributed by atoms with Gasteiger partial charge >= 0.3 is 11.9 Å². The third-order valence-corrected chi connectivity index (χ3v) is 3.67. The molecular weight excluding hydrogens is 250 g/mol. The third-order valence-electron chi connectivity index (χ3n) is 3.67. The largest absolute Gasteiger partial charge is 0.465 e. The fourth-order valence-corrected chi connectivity index (χ4v) is 3.03. The number of hydroxylamine groups is 2. The van der Waals surface area contributed by atoms with Crippen LogP contribution in [0.3, 0.4) is 0 Å². The summed E-state index contributed by atoms with van der Waals surface area (Å²) < 4.78 is 9.45. The van der Waals surface area contributed by atoms with Gasteiger partial charge in [0, 0.05) is 6.54 Å². The molecule has 0 aromatic rings. The van der Waals surface area contributed by atoms with E-state index in [0.29, 0.717) is 13.0 Å². The molecule has 0 aromatic heterocycles. The minimum atomic E-state index is -0.658. The molecule has 1 fully saturated rings. The Balaban J connectivity index is 2.49. The van der Waals surface area contributed by atoms with Gasteiger partial charge in [-0.2, -0.15) is 0 Å². The van der Waals surface area contributed by atoms with Crippen molar-refractivity contribution in [2.24, 2.45) is 5.41 Å². The predicted molar refractivity (Wildman–Crippen MR) is 65.7 cm³/mol. The summed E-state index contributed by atoms with van der Waals surface area (Å²) in [5.41, 5.74) is -0.414. The van der Waals surface area contributed by atoms with Crippen molar-refractivity contribution in [3.05, 3.63) is 11.3 Å². The molecule has 19 heavy (non-hydrogen) atoms. The van der Waals surface area contributed by atoms with Crippen LogP contribution in [-0.2, 0) is 23.9 Å². The zero-order valence-electron chi connectivity index (χ0n) is 11.9. The highest BCUT2D eigenvalue weighted by atomic mass is 16.7. The Morgan fingerprint density at radius 1 is 1.16 bits per heavy atom. The van der Waals surface area contributed by atoms with Crippen LogP contribution in [0.1, 0.15) is 27.2 Å². The molecule has 1 unspecified atom stereocenters. The molecule has 0 saturated carbocycles. The van der Waals surface area contributed by atoms with Crippen molar-refractivity contribution in [2.45, 2.75) is 32.7 Å². The van der Waals surface area contributed by atoms with E-state index >= 15 is 0 Å². The van der Waals surface area contributed by atoms with E-state index in [1.54, 1.807) is 5.06 Å². The van der Waals surface area contributed by atoms with Gasteiger partial charge in [-0.1, -0.05) is 13.8 Å². The fourth-order valence-electron chi connectivity index (χ4n) is 3.03. The van der Waals surface area contributed by atoms with Gasteiger partial charge in [-0.3, -0.25) is 0 Å². The topological polar surface area (TPSA) is 65.1 Å². The molecule has 0 spiro atoms. The average Bonchev–Trinajstić information content (AvgIpc) is 2.71. The molecule has 2 aliphatic rings. The van der Waals surface area contributed by atoms with Crippen LogP contribution in [0.25, 0.3) is 0 Å². The van der Waals surface area contributed by atoms with Crippen LogP contribution in [0.15, 0.2) is 11.3 Å². The minimum absolute atomic E-state index is 0.00429. The molecule has 6 heteroatoms. The number of carbonyl (C=O) groups is 2. The number of rotatable bonds is 2. The molecule has 2 heterocycles. The number of hydrogen-bond acceptors (Lipinski definition) is 6. The first-order valence-electron chi connectivity index (χ1n) is 6.12. The van der Waals surface area contributed by atoms with E-state index in [0.717, 1.165) is 0 Å². The number of ether oxygens (including phenoxy) is 2. The zero-order chi connectivity index (χ0) is 14.4. The first-order valence-corrected chi connectivity index (χ1v) is 6.12. The van der Waals surface area contributed by atoms with Crippen LogP contribution in [0, 0.1) is 5.41 Å². The SMILES string of the molecule is COC(=O)C1=C(C(=O)OC)C2(C)CC(C)(C)CN2O1. The van der Waals surface area contributed by atoms with Crippen molar-refractivity contribution in [1.29, 1.82) is 0 Å². The molecule has 0 N–H and O–H groups in total. The first-order chi connectivity index (χ1) is 8.75. The molecule has 0 bridgehead atoms. The second-order valence-corrected chi connectivity index (χ2v) is 5.93. The molecular formula is C13H19NO5. The van der Waals surface area contributed by atoms with Crippen molar-refractivity contribution in [3.63, 3.8) is 0 Å². The Hall–Kier alpha value is -1.56. The molecule has 1 atom stereocenters. The first kappa shape index (κ1) is 13.9. The smallest absolute Gasteiger partial charge is 0.376 e. The zero-order valence-corrected chi connectivity index (χ0v) is 11.9. The summed E-state index contributed by atoms with van der Waals surface area (Å²) in [4.78, 5) is 29.3. The lowest BCUT2D eigenvalue weighted by molar-refractivity contribution is -0.161. The van der Waals surface area contributed by atoms with Crippen LogP contribution < -0.4 is 0 Å². The maximum atomic E-state index is 12.0. The Kier molecular flexibility index (Phi) is 3.09. The van der Waals surface area contributed by atoms with E-state index in [4.69, 9.17) is 9.57 Å². The summed E-state index contributed by atoms with van der Waals surface area (Å²) in [5.74, 6) is -1.27. The molecule has 2 aliphatic heterocycles. The Morgan fingerprint density at radius 3 is 2.26 bits per heavy atom. The highest BCUT2D eigenvalue weighted by Crippen LogP contribution is 2.50. The van der Waals surface area contributed by atoms with E-state index in [9.17, 15) is 9.59 Å². The summed E-state index contributed by atoms with van der Waals surface area (Å²) in [6, 6.07) is 0. The van der Waals surface area contributed by atoms with Crippen LogP contribution in [0.5, 0.6) is 0 Å².